The van der Waals surface area contributed by atoms with Gasteiger partial charge in [-0.1, -0.05) is 0 Å². The van der Waals surface area contributed by atoms with Crippen LogP contribution in [0.15, 0.2) is 18.2 Å². The van der Waals surface area contributed by atoms with Crippen molar-refractivity contribution in [1.29, 1.82) is 0 Å². The van der Waals surface area contributed by atoms with E-state index in [0.29, 0.717) is 17.1 Å². The Morgan fingerprint density at radius 3 is 2.65 bits per heavy atom. The van der Waals surface area contributed by atoms with E-state index in [1.54, 1.807) is 25.1 Å². The summed E-state index contributed by atoms with van der Waals surface area (Å²) in [5.74, 6) is -0.0583. The lowest BCUT2D eigenvalue weighted by Crippen LogP contribution is -2.11. The summed E-state index contributed by atoms with van der Waals surface area (Å²) in [6.45, 7) is 1.76. The molecule has 0 fully saturated rings. The van der Waals surface area contributed by atoms with Gasteiger partial charge in [0.05, 0.1) is 6.42 Å². The molecular formula is C12H12O5. The predicted octanol–water partition coefficient (Wildman–Crippen LogP) is 1.85. The van der Waals surface area contributed by atoms with Crippen LogP contribution in [0, 0.1) is 0 Å². The number of carbonyl (C=O) groups is 2. The molecule has 5 nitrogen and oxygen atoms in total. The number of ether oxygens (including phenoxy) is 2. The van der Waals surface area contributed by atoms with Gasteiger partial charge in [-0.25, -0.2) is 0 Å². The number of carboxylic acid groups (broad SMARTS) is 1. The highest BCUT2D eigenvalue weighted by Crippen LogP contribution is 2.35. The van der Waals surface area contributed by atoms with Crippen LogP contribution < -0.4 is 9.47 Å². The molecular weight excluding hydrogens is 224 g/mol. The third-order valence-electron chi connectivity index (χ3n) is 2.42. The highest BCUT2D eigenvalue weighted by atomic mass is 16.7. The quantitative estimate of drug-likeness (QED) is 0.807. The standard InChI is InChI=1S/C12H12O5/c1-7-16-10-4-2-8(6-11(10)17-7)9(13)3-5-12(14)15/h2,4,6-7H,3,5H2,1H3,(H,14,15). The van der Waals surface area contributed by atoms with Gasteiger partial charge >= 0.3 is 5.97 Å². The van der Waals surface area contributed by atoms with E-state index in [-0.39, 0.29) is 24.9 Å². The molecule has 0 bridgehead atoms. The monoisotopic (exact) mass is 236 g/mol. The highest BCUT2D eigenvalue weighted by molar-refractivity contribution is 5.98. The zero-order valence-corrected chi connectivity index (χ0v) is 9.30. The number of ketones is 1. The van der Waals surface area contributed by atoms with Gasteiger partial charge in [0.25, 0.3) is 0 Å². The maximum Gasteiger partial charge on any atom is 0.303 e. The fourth-order valence-electron chi connectivity index (χ4n) is 1.62. The Balaban J connectivity index is 2.10. The molecule has 1 aromatic rings. The largest absolute Gasteiger partial charge is 0.481 e. The number of rotatable bonds is 4. The average molecular weight is 236 g/mol. The molecule has 1 aromatic carbocycles. The van der Waals surface area contributed by atoms with E-state index in [1.807, 2.05) is 0 Å². The zero-order valence-electron chi connectivity index (χ0n) is 9.30. The van der Waals surface area contributed by atoms with Gasteiger partial charge in [0.1, 0.15) is 0 Å². The number of hydrogen-bond donors (Lipinski definition) is 1. The summed E-state index contributed by atoms with van der Waals surface area (Å²) in [6, 6.07) is 4.86. The molecule has 0 radical (unpaired) electrons. The Hall–Kier alpha value is -2.04. The molecule has 0 aromatic heterocycles. The van der Waals surface area contributed by atoms with E-state index in [0.717, 1.165) is 0 Å². The summed E-state index contributed by atoms with van der Waals surface area (Å²) in [7, 11) is 0. The lowest BCUT2D eigenvalue weighted by atomic mass is 10.1. The lowest BCUT2D eigenvalue weighted by Gasteiger charge is -2.01. The van der Waals surface area contributed by atoms with Crippen LogP contribution >= 0.6 is 0 Å². The second-order valence-corrected chi connectivity index (χ2v) is 3.78. The van der Waals surface area contributed by atoms with Crippen LogP contribution in [0.25, 0.3) is 0 Å². The number of hydrogen-bond acceptors (Lipinski definition) is 4. The van der Waals surface area contributed by atoms with Crippen LogP contribution in [-0.4, -0.2) is 23.1 Å². The van der Waals surface area contributed by atoms with Gasteiger partial charge in [0, 0.05) is 18.9 Å². The first-order chi connectivity index (χ1) is 8.06. The third-order valence-corrected chi connectivity index (χ3v) is 2.42. The molecule has 1 heterocycles. The molecule has 1 unspecified atom stereocenters. The van der Waals surface area contributed by atoms with Crippen molar-refractivity contribution >= 4 is 11.8 Å². The zero-order chi connectivity index (χ0) is 12.4. The van der Waals surface area contributed by atoms with Crippen LogP contribution in [-0.2, 0) is 4.79 Å². The minimum Gasteiger partial charge on any atom is -0.481 e. The van der Waals surface area contributed by atoms with E-state index < -0.39 is 5.97 Å². The molecule has 1 aliphatic heterocycles. The van der Waals surface area contributed by atoms with Crippen molar-refractivity contribution in [2.24, 2.45) is 0 Å². The molecule has 0 saturated heterocycles. The fraction of sp³-hybridized carbons (Fsp3) is 0.333. The van der Waals surface area contributed by atoms with E-state index in [4.69, 9.17) is 14.6 Å². The summed E-state index contributed by atoms with van der Waals surface area (Å²) in [5.41, 5.74) is 0.447. The van der Waals surface area contributed by atoms with Crippen molar-refractivity contribution in [2.45, 2.75) is 26.1 Å². The second kappa shape index (κ2) is 4.45. The van der Waals surface area contributed by atoms with E-state index in [2.05, 4.69) is 0 Å². The molecule has 1 N–H and O–H groups in total. The first-order valence-corrected chi connectivity index (χ1v) is 5.28. The topological polar surface area (TPSA) is 72.8 Å². The number of aliphatic carboxylic acids is 1. The van der Waals surface area contributed by atoms with Crippen molar-refractivity contribution < 1.29 is 24.2 Å². The van der Waals surface area contributed by atoms with Gasteiger partial charge in [-0.2, -0.15) is 0 Å². The molecule has 0 spiro atoms. The number of benzene rings is 1. The Morgan fingerprint density at radius 2 is 1.94 bits per heavy atom. The van der Waals surface area contributed by atoms with Crippen LogP contribution in [0.1, 0.15) is 30.1 Å². The van der Waals surface area contributed by atoms with Crippen LogP contribution in [0.2, 0.25) is 0 Å². The molecule has 17 heavy (non-hydrogen) atoms. The normalized spacial score (nSPS) is 16.9. The molecule has 5 heteroatoms. The summed E-state index contributed by atoms with van der Waals surface area (Å²) in [4.78, 5) is 22.0. The predicted molar refractivity (Wildman–Crippen MR) is 58.4 cm³/mol. The van der Waals surface area contributed by atoms with Gasteiger partial charge < -0.3 is 14.6 Å². The Morgan fingerprint density at radius 1 is 1.24 bits per heavy atom. The van der Waals surface area contributed by atoms with Crippen LogP contribution in [0.5, 0.6) is 11.5 Å². The molecule has 1 aliphatic rings. The summed E-state index contributed by atoms with van der Waals surface area (Å²) >= 11 is 0. The lowest BCUT2D eigenvalue weighted by molar-refractivity contribution is -0.136. The fourth-order valence-corrected chi connectivity index (χ4v) is 1.62. The van der Waals surface area contributed by atoms with Crippen molar-refractivity contribution in [1.82, 2.24) is 0 Å². The van der Waals surface area contributed by atoms with Gasteiger partial charge in [0.15, 0.2) is 17.3 Å². The Labute approximate surface area is 98.0 Å². The van der Waals surface area contributed by atoms with Crippen molar-refractivity contribution in [3.63, 3.8) is 0 Å². The highest BCUT2D eigenvalue weighted by Gasteiger charge is 2.21. The maximum atomic E-state index is 11.7. The van der Waals surface area contributed by atoms with Crippen molar-refractivity contribution in [3.05, 3.63) is 23.8 Å². The number of carbonyl (C=O) groups excluding carboxylic acids is 1. The van der Waals surface area contributed by atoms with Gasteiger partial charge in [-0.3, -0.25) is 9.59 Å². The van der Waals surface area contributed by atoms with Crippen LogP contribution in [0.4, 0.5) is 0 Å². The summed E-state index contributed by atoms with van der Waals surface area (Å²) in [5, 5.41) is 8.50. The van der Waals surface area contributed by atoms with E-state index in [9.17, 15) is 9.59 Å². The van der Waals surface area contributed by atoms with E-state index >= 15 is 0 Å². The van der Waals surface area contributed by atoms with Crippen molar-refractivity contribution in [3.8, 4) is 11.5 Å². The molecule has 0 saturated carbocycles. The minimum absolute atomic E-state index is 0.00939. The number of fused-ring (bicyclic) bond motifs is 1. The molecule has 90 valence electrons. The molecule has 2 rings (SSSR count). The SMILES string of the molecule is CC1Oc2ccc(C(=O)CCC(=O)O)cc2O1. The third kappa shape index (κ3) is 2.55. The number of carboxylic acids is 1. The number of Topliss-reactive ketones (excluding diaryl/α,β-unsaturated/α-hetero) is 1. The first kappa shape index (κ1) is 11.4. The Kier molecular flexibility index (Phi) is 2.99. The van der Waals surface area contributed by atoms with Gasteiger partial charge in [-0.05, 0) is 18.2 Å². The summed E-state index contributed by atoms with van der Waals surface area (Å²) < 4.78 is 10.6. The average Bonchev–Trinajstić information content (AvgIpc) is 2.64. The molecule has 0 aliphatic carbocycles. The Bertz CT molecular complexity index is 466. The molecule has 1 atom stereocenters. The molecule has 0 amide bonds. The van der Waals surface area contributed by atoms with Crippen molar-refractivity contribution in [2.75, 3.05) is 0 Å². The van der Waals surface area contributed by atoms with Crippen LogP contribution in [0.3, 0.4) is 0 Å². The smallest absolute Gasteiger partial charge is 0.303 e. The minimum atomic E-state index is -0.979. The van der Waals surface area contributed by atoms with E-state index in [1.165, 1.54) is 0 Å². The maximum absolute atomic E-state index is 11.7. The van der Waals surface area contributed by atoms with Gasteiger partial charge in [-0.15, -0.1) is 0 Å². The van der Waals surface area contributed by atoms with Gasteiger partial charge in [0.2, 0.25) is 6.29 Å². The second-order valence-electron chi connectivity index (χ2n) is 3.78. The summed E-state index contributed by atoms with van der Waals surface area (Å²) in [6.07, 6.45) is -0.525. The first-order valence-electron chi connectivity index (χ1n) is 5.28.